The topological polar surface area (TPSA) is 3.24 Å². The molecule has 1 atom stereocenters. The monoisotopic (exact) mass is 183 g/mol. The summed E-state index contributed by atoms with van der Waals surface area (Å²) < 4.78 is 0. The smallest absolute Gasteiger partial charge is 0.0115 e. The molecule has 0 aromatic carbocycles. The predicted octanol–water partition coefficient (Wildman–Crippen LogP) is 3.30. The van der Waals surface area contributed by atoms with Crippen molar-refractivity contribution in [1.82, 2.24) is 4.90 Å². The van der Waals surface area contributed by atoms with Crippen LogP contribution in [0.2, 0.25) is 0 Å². The maximum Gasteiger partial charge on any atom is 0.0115 e. The van der Waals surface area contributed by atoms with Gasteiger partial charge in [-0.3, -0.25) is 0 Å². The van der Waals surface area contributed by atoms with Gasteiger partial charge in [0.2, 0.25) is 0 Å². The zero-order chi connectivity index (χ0) is 9.68. The summed E-state index contributed by atoms with van der Waals surface area (Å²) in [5.41, 5.74) is 0. The minimum absolute atomic E-state index is 0.822. The lowest BCUT2D eigenvalue weighted by Crippen LogP contribution is -2.36. The largest absolute Gasteiger partial charge is 0.303 e. The van der Waals surface area contributed by atoms with Crippen LogP contribution in [-0.2, 0) is 0 Å². The zero-order valence-electron chi connectivity index (χ0n) is 9.55. The molecule has 1 aliphatic heterocycles. The van der Waals surface area contributed by atoms with Crippen molar-refractivity contribution >= 4 is 0 Å². The van der Waals surface area contributed by atoms with Crippen LogP contribution in [0.5, 0.6) is 0 Å². The molecule has 1 saturated heterocycles. The average molecular weight is 183 g/mol. The van der Waals surface area contributed by atoms with Gasteiger partial charge in [0.25, 0.3) is 0 Å². The van der Waals surface area contributed by atoms with Crippen molar-refractivity contribution < 1.29 is 0 Å². The highest BCUT2D eigenvalue weighted by Gasteiger charge is 2.18. The Morgan fingerprint density at radius 2 is 1.62 bits per heavy atom. The van der Waals surface area contributed by atoms with Gasteiger partial charge in [0.05, 0.1) is 0 Å². The third-order valence-corrected chi connectivity index (χ3v) is 3.35. The predicted molar refractivity (Wildman–Crippen MR) is 59.0 cm³/mol. The summed E-state index contributed by atoms with van der Waals surface area (Å²) >= 11 is 0. The third-order valence-electron chi connectivity index (χ3n) is 3.35. The molecule has 0 aromatic rings. The zero-order valence-corrected chi connectivity index (χ0v) is 9.55. The number of hydrogen-bond donors (Lipinski definition) is 0. The van der Waals surface area contributed by atoms with Crippen molar-refractivity contribution in [3.8, 4) is 0 Å². The Morgan fingerprint density at radius 1 is 1.00 bits per heavy atom. The highest BCUT2D eigenvalue weighted by Crippen LogP contribution is 2.20. The molecule has 0 saturated carbocycles. The van der Waals surface area contributed by atoms with E-state index in [9.17, 15) is 0 Å². The fourth-order valence-corrected chi connectivity index (χ4v) is 2.47. The quantitative estimate of drug-likeness (QED) is 0.603. The Morgan fingerprint density at radius 3 is 2.31 bits per heavy atom. The first-order valence-corrected chi connectivity index (χ1v) is 5.92. The van der Waals surface area contributed by atoms with Crippen molar-refractivity contribution in [2.45, 2.75) is 58.4 Å². The van der Waals surface area contributed by atoms with E-state index in [1.54, 1.807) is 0 Å². The van der Waals surface area contributed by atoms with E-state index in [4.69, 9.17) is 0 Å². The van der Waals surface area contributed by atoms with Gasteiger partial charge in [0.1, 0.15) is 0 Å². The second kappa shape index (κ2) is 5.64. The van der Waals surface area contributed by atoms with Crippen molar-refractivity contribution in [3.63, 3.8) is 0 Å². The Hall–Kier alpha value is -0.0400. The summed E-state index contributed by atoms with van der Waals surface area (Å²) in [6.45, 7) is 6.03. The van der Waals surface area contributed by atoms with Gasteiger partial charge in [0, 0.05) is 6.04 Å². The maximum absolute atomic E-state index is 2.58. The molecule has 1 nitrogen and oxygen atoms in total. The van der Waals surface area contributed by atoms with Crippen LogP contribution >= 0.6 is 0 Å². The van der Waals surface area contributed by atoms with Gasteiger partial charge in [-0.25, -0.2) is 0 Å². The molecule has 0 amide bonds. The first-order chi connectivity index (χ1) is 6.22. The molecule has 0 spiro atoms. The second-order valence-electron chi connectivity index (χ2n) is 4.85. The lowest BCUT2D eigenvalue weighted by Gasteiger charge is -2.30. The lowest BCUT2D eigenvalue weighted by molar-refractivity contribution is 0.180. The summed E-state index contributed by atoms with van der Waals surface area (Å²) in [5.74, 6) is 0.822. The minimum Gasteiger partial charge on any atom is -0.303 e. The summed E-state index contributed by atoms with van der Waals surface area (Å²) in [6.07, 6.45) is 8.60. The standard InChI is InChI=1S/C12H25N/c1-11(2)12-9-7-5-4-6-8-10-13(12)3/h11-12H,4-10H2,1-3H3. The van der Waals surface area contributed by atoms with Crippen molar-refractivity contribution in [3.05, 3.63) is 0 Å². The van der Waals surface area contributed by atoms with E-state index in [1.807, 2.05) is 0 Å². The molecule has 78 valence electrons. The fourth-order valence-electron chi connectivity index (χ4n) is 2.47. The minimum atomic E-state index is 0.822. The van der Waals surface area contributed by atoms with Gasteiger partial charge < -0.3 is 4.90 Å². The Labute approximate surface area is 83.5 Å². The molecule has 1 unspecified atom stereocenters. The molecular formula is C12H25N. The third kappa shape index (κ3) is 3.68. The first kappa shape index (κ1) is 11.0. The number of rotatable bonds is 1. The van der Waals surface area contributed by atoms with E-state index in [1.165, 1.54) is 45.1 Å². The second-order valence-corrected chi connectivity index (χ2v) is 4.85. The van der Waals surface area contributed by atoms with Crippen LogP contribution in [0.25, 0.3) is 0 Å². The van der Waals surface area contributed by atoms with Gasteiger partial charge in [0.15, 0.2) is 0 Å². The van der Waals surface area contributed by atoms with Gasteiger partial charge >= 0.3 is 0 Å². The molecule has 1 fully saturated rings. The average Bonchev–Trinajstić information content (AvgIpc) is 2.16. The maximum atomic E-state index is 2.58. The first-order valence-electron chi connectivity index (χ1n) is 5.92. The Bertz CT molecular complexity index is 131. The molecule has 1 rings (SSSR count). The molecule has 0 aromatic heterocycles. The summed E-state index contributed by atoms with van der Waals surface area (Å²) in [4.78, 5) is 2.58. The molecule has 13 heavy (non-hydrogen) atoms. The van der Waals surface area contributed by atoms with E-state index >= 15 is 0 Å². The van der Waals surface area contributed by atoms with Gasteiger partial charge in [-0.15, -0.1) is 0 Å². The van der Waals surface area contributed by atoms with Crippen molar-refractivity contribution in [2.24, 2.45) is 5.92 Å². The fraction of sp³-hybridized carbons (Fsp3) is 1.00. The Balaban J connectivity index is 2.45. The van der Waals surface area contributed by atoms with Crippen LogP contribution < -0.4 is 0 Å². The van der Waals surface area contributed by atoms with Crippen LogP contribution in [0, 0.1) is 5.92 Å². The van der Waals surface area contributed by atoms with Gasteiger partial charge in [-0.05, 0) is 32.4 Å². The normalized spacial score (nSPS) is 28.2. The number of hydrogen-bond acceptors (Lipinski definition) is 1. The van der Waals surface area contributed by atoms with Crippen LogP contribution in [0.4, 0.5) is 0 Å². The Kier molecular flexibility index (Phi) is 4.79. The number of nitrogens with zero attached hydrogens (tertiary/aromatic N) is 1. The summed E-state index contributed by atoms with van der Waals surface area (Å²) in [5, 5.41) is 0. The molecule has 0 radical (unpaired) electrons. The SMILES string of the molecule is CC(C)C1CCCCCCCN1C. The van der Waals surface area contributed by atoms with E-state index in [0.29, 0.717) is 0 Å². The van der Waals surface area contributed by atoms with E-state index in [0.717, 1.165) is 12.0 Å². The van der Waals surface area contributed by atoms with Crippen LogP contribution in [0.3, 0.4) is 0 Å². The van der Waals surface area contributed by atoms with Crippen molar-refractivity contribution in [1.29, 1.82) is 0 Å². The summed E-state index contributed by atoms with van der Waals surface area (Å²) in [7, 11) is 2.30. The summed E-state index contributed by atoms with van der Waals surface area (Å²) in [6, 6.07) is 0.832. The highest BCUT2D eigenvalue weighted by molar-refractivity contribution is 4.73. The molecule has 1 aliphatic rings. The van der Waals surface area contributed by atoms with Crippen LogP contribution in [0.1, 0.15) is 52.4 Å². The van der Waals surface area contributed by atoms with Crippen molar-refractivity contribution in [2.75, 3.05) is 13.6 Å². The van der Waals surface area contributed by atoms with Crippen LogP contribution in [0.15, 0.2) is 0 Å². The molecule has 1 heterocycles. The van der Waals surface area contributed by atoms with Gasteiger partial charge in [-0.1, -0.05) is 39.5 Å². The molecule has 0 N–H and O–H groups in total. The molecule has 1 heteroatoms. The van der Waals surface area contributed by atoms with Crippen LogP contribution in [-0.4, -0.2) is 24.5 Å². The van der Waals surface area contributed by atoms with Gasteiger partial charge in [-0.2, -0.15) is 0 Å². The molecular weight excluding hydrogens is 158 g/mol. The lowest BCUT2D eigenvalue weighted by atomic mass is 9.97. The van der Waals surface area contributed by atoms with E-state index in [2.05, 4.69) is 25.8 Å². The molecule has 0 aliphatic carbocycles. The van der Waals surface area contributed by atoms with E-state index in [-0.39, 0.29) is 0 Å². The molecule has 0 bridgehead atoms. The van der Waals surface area contributed by atoms with E-state index < -0.39 is 0 Å². The highest BCUT2D eigenvalue weighted by atomic mass is 15.1.